The molecule has 0 aromatic heterocycles. The first-order valence-electron chi connectivity index (χ1n) is 5.52. The Bertz CT molecular complexity index is 147. The molecule has 0 aliphatic carbocycles. The molecule has 1 N–H and O–H groups in total. The molecular formula is C11H22O2. The fourth-order valence-corrected chi connectivity index (χ4v) is 1.98. The van der Waals surface area contributed by atoms with Crippen molar-refractivity contribution in [3.63, 3.8) is 0 Å². The smallest absolute Gasteiger partial charge is 0.155 e. The number of aliphatic hydroxyl groups excluding tert-OH is 1. The van der Waals surface area contributed by atoms with E-state index >= 15 is 0 Å². The van der Waals surface area contributed by atoms with Gasteiger partial charge in [-0.1, -0.05) is 32.6 Å². The molecule has 1 rings (SSSR count). The lowest BCUT2D eigenvalue weighted by Crippen LogP contribution is -2.24. The third kappa shape index (κ3) is 3.65. The normalized spacial score (nSPS) is 33.9. The highest BCUT2D eigenvalue weighted by Crippen LogP contribution is 2.33. The molecule has 0 spiro atoms. The number of ether oxygens (including phenoxy) is 1. The third-order valence-corrected chi connectivity index (χ3v) is 2.90. The first-order valence-corrected chi connectivity index (χ1v) is 5.52. The molecule has 1 aliphatic rings. The van der Waals surface area contributed by atoms with Gasteiger partial charge in [-0.25, -0.2) is 0 Å². The summed E-state index contributed by atoms with van der Waals surface area (Å²) < 4.78 is 5.48. The molecule has 2 atom stereocenters. The molecule has 0 aromatic rings. The summed E-state index contributed by atoms with van der Waals surface area (Å²) in [6.07, 6.45) is 7.55. The summed E-state index contributed by atoms with van der Waals surface area (Å²) in [5.74, 6) is 0. The van der Waals surface area contributed by atoms with E-state index in [1.54, 1.807) is 0 Å². The summed E-state index contributed by atoms with van der Waals surface area (Å²) in [4.78, 5) is 0. The van der Waals surface area contributed by atoms with Crippen LogP contribution in [-0.4, -0.2) is 17.0 Å². The van der Waals surface area contributed by atoms with Crippen molar-refractivity contribution in [1.29, 1.82) is 0 Å². The van der Waals surface area contributed by atoms with Crippen LogP contribution in [0.15, 0.2) is 0 Å². The lowest BCUT2D eigenvalue weighted by Gasteiger charge is -2.23. The first kappa shape index (κ1) is 11.0. The van der Waals surface area contributed by atoms with E-state index in [4.69, 9.17) is 4.74 Å². The molecular weight excluding hydrogens is 164 g/mol. The van der Waals surface area contributed by atoms with Crippen LogP contribution in [0.5, 0.6) is 0 Å². The highest BCUT2D eigenvalue weighted by atomic mass is 16.6. The van der Waals surface area contributed by atoms with E-state index in [9.17, 15) is 5.11 Å². The second-order valence-corrected chi connectivity index (χ2v) is 4.37. The summed E-state index contributed by atoms with van der Waals surface area (Å²) in [5.41, 5.74) is -0.0346. The Balaban J connectivity index is 2.12. The molecule has 2 unspecified atom stereocenters. The summed E-state index contributed by atoms with van der Waals surface area (Å²) in [5, 5.41) is 9.25. The zero-order valence-corrected chi connectivity index (χ0v) is 8.88. The monoisotopic (exact) mass is 186 g/mol. The zero-order valence-electron chi connectivity index (χ0n) is 8.88. The molecule has 0 saturated carbocycles. The topological polar surface area (TPSA) is 29.5 Å². The molecule has 2 heteroatoms. The first-order chi connectivity index (χ1) is 6.16. The van der Waals surface area contributed by atoms with Gasteiger partial charge < -0.3 is 9.84 Å². The minimum Gasteiger partial charge on any atom is -0.368 e. The minimum absolute atomic E-state index is 0.0346. The van der Waals surface area contributed by atoms with Gasteiger partial charge in [0.15, 0.2) is 6.29 Å². The molecule has 78 valence electrons. The molecule has 2 nitrogen and oxygen atoms in total. The largest absolute Gasteiger partial charge is 0.368 e. The molecule has 1 heterocycles. The third-order valence-electron chi connectivity index (χ3n) is 2.90. The predicted molar refractivity (Wildman–Crippen MR) is 53.5 cm³/mol. The van der Waals surface area contributed by atoms with Crippen LogP contribution in [0.4, 0.5) is 0 Å². The Morgan fingerprint density at radius 2 is 2.15 bits per heavy atom. The summed E-state index contributed by atoms with van der Waals surface area (Å²) in [6, 6.07) is 0. The summed E-state index contributed by atoms with van der Waals surface area (Å²) >= 11 is 0. The van der Waals surface area contributed by atoms with Crippen molar-refractivity contribution >= 4 is 0 Å². The second-order valence-electron chi connectivity index (χ2n) is 4.37. The Hall–Kier alpha value is -0.0800. The van der Waals surface area contributed by atoms with Gasteiger partial charge in [-0.15, -0.1) is 0 Å². The summed E-state index contributed by atoms with van der Waals surface area (Å²) in [7, 11) is 0. The Labute approximate surface area is 81.3 Å². The van der Waals surface area contributed by atoms with E-state index in [1.807, 2.05) is 0 Å². The van der Waals surface area contributed by atoms with E-state index in [0.717, 1.165) is 19.3 Å². The highest BCUT2D eigenvalue weighted by molar-refractivity contribution is 4.81. The number of rotatable bonds is 5. The van der Waals surface area contributed by atoms with E-state index in [2.05, 4.69) is 13.8 Å². The maximum absolute atomic E-state index is 9.25. The van der Waals surface area contributed by atoms with Gasteiger partial charge in [0.2, 0.25) is 0 Å². The van der Waals surface area contributed by atoms with Gasteiger partial charge in [-0.2, -0.15) is 0 Å². The van der Waals surface area contributed by atoms with Crippen molar-refractivity contribution in [1.82, 2.24) is 0 Å². The van der Waals surface area contributed by atoms with Gasteiger partial charge in [-0.05, 0) is 19.8 Å². The zero-order chi connectivity index (χ0) is 9.73. The predicted octanol–water partition coefficient (Wildman–Crippen LogP) is 2.84. The van der Waals surface area contributed by atoms with Crippen molar-refractivity contribution in [2.45, 2.75) is 70.7 Å². The van der Waals surface area contributed by atoms with Gasteiger partial charge in [0.05, 0.1) is 5.60 Å². The molecule has 13 heavy (non-hydrogen) atoms. The SMILES string of the molecule is CCCCCCC1(C)CCC(O)O1. The van der Waals surface area contributed by atoms with Gasteiger partial charge in [-0.3, -0.25) is 0 Å². The molecule has 0 aromatic carbocycles. The van der Waals surface area contributed by atoms with Crippen LogP contribution in [-0.2, 0) is 4.74 Å². The van der Waals surface area contributed by atoms with Gasteiger partial charge in [0.25, 0.3) is 0 Å². The standard InChI is InChI=1S/C11H22O2/c1-3-4-5-6-8-11(2)9-7-10(12)13-11/h10,12H,3-9H2,1-2H3. The maximum Gasteiger partial charge on any atom is 0.155 e. The summed E-state index contributed by atoms with van der Waals surface area (Å²) in [6.45, 7) is 4.34. The average Bonchev–Trinajstić information content (AvgIpc) is 2.41. The van der Waals surface area contributed by atoms with Crippen molar-refractivity contribution in [3.8, 4) is 0 Å². The van der Waals surface area contributed by atoms with E-state index in [1.165, 1.54) is 25.7 Å². The maximum atomic E-state index is 9.25. The lowest BCUT2D eigenvalue weighted by molar-refractivity contribution is -0.133. The number of hydrogen-bond acceptors (Lipinski definition) is 2. The second kappa shape index (κ2) is 4.97. The number of hydrogen-bond donors (Lipinski definition) is 1. The highest BCUT2D eigenvalue weighted by Gasteiger charge is 2.34. The van der Waals surface area contributed by atoms with Crippen LogP contribution in [0, 0.1) is 0 Å². The van der Waals surface area contributed by atoms with E-state index in [-0.39, 0.29) is 5.60 Å². The minimum atomic E-state index is -0.504. The van der Waals surface area contributed by atoms with Crippen LogP contribution in [0.3, 0.4) is 0 Å². The van der Waals surface area contributed by atoms with Crippen LogP contribution >= 0.6 is 0 Å². The van der Waals surface area contributed by atoms with Crippen LogP contribution in [0.25, 0.3) is 0 Å². The number of aliphatic hydroxyl groups is 1. The van der Waals surface area contributed by atoms with Gasteiger partial charge >= 0.3 is 0 Å². The van der Waals surface area contributed by atoms with Crippen molar-refractivity contribution in [3.05, 3.63) is 0 Å². The lowest BCUT2D eigenvalue weighted by atomic mass is 9.95. The Kier molecular flexibility index (Phi) is 4.20. The van der Waals surface area contributed by atoms with Crippen molar-refractivity contribution in [2.75, 3.05) is 0 Å². The van der Waals surface area contributed by atoms with Gasteiger partial charge in [0, 0.05) is 6.42 Å². The van der Waals surface area contributed by atoms with Crippen molar-refractivity contribution in [2.24, 2.45) is 0 Å². The van der Waals surface area contributed by atoms with Gasteiger partial charge in [0.1, 0.15) is 0 Å². The van der Waals surface area contributed by atoms with Crippen LogP contribution < -0.4 is 0 Å². The molecule has 1 fully saturated rings. The fourth-order valence-electron chi connectivity index (χ4n) is 1.98. The van der Waals surface area contributed by atoms with Crippen LogP contribution in [0.1, 0.15) is 58.8 Å². The Morgan fingerprint density at radius 1 is 1.38 bits per heavy atom. The molecule has 1 saturated heterocycles. The fraction of sp³-hybridized carbons (Fsp3) is 1.00. The molecule has 1 aliphatic heterocycles. The number of unbranched alkanes of at least 4 members (excludes halogenated alkanes) is 3. The molecule has 0 bridgehead atoms. The van der Waals surface area contributed by atoms with E-state index < -0.39 is 6.29 Å². The average molecular weight is 186 g/mol. The Morgan fingerprint density at radius 3 is 2.69 bits per heavy atom. The molecule has 0 radical (unpaired) electrons. The van der Waals surface area contributed by atoms with Crippen LogP contribution in [0.2, 0.25) is 0 Å². The quantitative estimate of drug-likeness (QED) is 0.669. The van der Waals surface area contributed by atoms with E-state index in [0.29, 0.717) is 0 Å². The van der Waals surface area contributed by atoms with Crippen molar-refractivity contribution < 1.29 is 9.84 Å². The molecule has 0 amide bonds.